The molecule has 0 aromatic heterocycles. The van der Waals surface area contributed by atoms with E-state index in [0.717, 1.165) is 11.8 Å². The topological polar surface area (TPSA) is 89.3 Å². The summed E-state index contributed by atoms with van der Waals surface area (Å²) < 4.78 is 22.1. The lowest BCUT2D eigenvalue weighted by molar-refractivity contribution is -0.121. The van der Waals surface area contributed by atoms with Gasteiger partial charge in [0.1, 0.15) is 0 Å². The summed E-state index contributed by atoms with van der Waals surface area (Å²) in [6.45, 7) is 1.90. The van der Waals surface area contributed by atoms with E-state index in [1.54, 1.807) is 0 Å². The van der Waals surface area contributed by atoms with Crippen molar-refractivity contribution in [3.05, 3.63) is 11.5 Å². The van der Waals surface area contributed by atoms with Gasteiger partial charge in [-0.2, -0.15) is 0 Å². The van der Waals surface area contributed by atoms with E-state index in [2.05, 4.69) is 5.32 Å². The molecule has 2 atom stereocenters. The summed E-state index contributed by atoms with van der Waals surface area (Å²) in [5.41, 5.74) is 5.60. The van der Waals surface area contributed by atoms with Crippen LogP contribution in [0.25, 0.3) is 0 Å². The summed E-state index contributed by atoms with van der Waals surface area (Å²) in [6, 6.07) is -0.557. The fourth-order valence-corrected chi connectivity index (χ4v) is 2.55. The molecule has 1 amide bonds. The number of nitrogens with two attached hydrogens (primary N) is 1. The van der Waals surface area contributed by atoms with Crippen molar-refractivity contribution >= 4 is 15.7 Å². The summed E-state index contributed by atoms with van der Waals surface area (Å²) in [5, 5.41) is 3.75. The van der Waals surface area contributed by atoms with Crippen LogP contribution in [0, 0.1) is 0 Å². The highest BCUT2D eigenvalue weighted by Crippen LogP contribution is 2.08. The maximum Gasteiger partial charge on any atom is 0.222 e. The Kier molecular flexibility index (Phi) is 3.87. The van der Waals surface area contributed by atoms with Crippen molar-refractivity contribution in [2.24, 2.45) is 5.73 Å². The summed E-state index contributed by atoms with van der Waals surface area (Å²) in [7, 11) is -3.10. The average molecular weight is 232 g/mol. The maximum absolute atomic E-state index is 11.4. The number of nitrogens with one attached hydrogen (secondary N) is 1. The third kappa shape index (κ3) is 4.01. The van der Waals surface area contributed by atoms with E-state index >= 15 is 0 Å². The van der Waals surface area contributed by atoms with Crippen molar-refractivity contribution in [3.63, 3.8) is 0 Å². The van der Waals surface area contributed by atoms with Gasteiger partial charge < -0.3 is 11.1 Å². The number of amides is 1. The minimum absolute atomic E-state index is 0.0416. The van der Waals surface area contributed by atoms with Crippen LogP contribution in [0.5, 0.6) is 0 Å². The van der Waals surface area contributed by atoms with E-state index in [0.29, 0.717) is 0 Å². The first-order valence-corrected chi connectivity index (χ1v) is 6.60. The zero-order chi connectivity index (χ0) is 11.5. The fraction of sp³-hybridized carbons (Fsp3) is 0.667. The largest absolute Gasteiger partial charge is 0.349 e. The van der Waals surface area contributed by atoms with Crippen LogP contribution < -0.4 is 11.1 Å². The van der Waals surface area contributed by atoms with E-state index in [-0.39, 0.29) is 24.1 Å². The molecular formula is C9H16N2O3S. The zero-order valence-corrected chi connectivity index (χ0v) is 9.46. The van der Waals surface area contributed by atoms with Crippen LogP contribution in [0.3, 0.4) is 0 Å². The molecule has 5 nitrogen and oxygen atoms in total. The van der Waals surface area contributed by atoms with Gasteiger partial charge in [-0.1, -0.05) is 6.92 Å². The van der Waals surface area contributed by atoms with Gasteiger partial charge in [-0.05, 0) is 12.5 Å². The molecule has 3 N–H and O–H groups in total. The number of hydrogen-bond donors (Lipinski definition) is 2. The van der Waals surface area contributed by atoms with Gasteiger partial charge in [0.05, 0.1) is 11.8 Å². The SMILES string of the molecule is CCC(N)CC(=O)NC1C=CS(=O)(=O)C1. The number of carbonyl (C=O) groups is 1. The molecule has 0 saturated carbocycles. The highest BCUT2D eigenvalue weighted by Gasteiger charge is 2.23. The van der Waals surface area contributed by atoms with Gasteiger partial charge >= 0.3 is 0 Å². The number of carbonyl (C=O) groups excluding carboxylic acids is 1. The van der Waals surface area contributed by atoms with Crippen molar-refractivity contribution in [1.82, 2.24) is 5.32 Å². The van der Waals surface area contributed by atoms with Gasteiger partial charge in [0.25, 0.3) is 0 Å². The molecule has 0 bridgehead atoms. The fourth-order valence-electron chi connectivity index (χ4n) is 1.31. The molecule has 1 rings (SSSR count). The van der Waals surface area contributed by atoms with Crippen molar-refractivity contribution in [3.8, 4) is 0 Å². The second kappa shape index (κ2) is 4.76. The predicted molar refractivity (Wildman–Crippen MR) is 57.7 cm³/mol. The first-order valence-electron chi connectivity index (χ1n) is 4.89. The van der Waals surface area contributed by atoms with Gasteiger partial charge in [0.2, 0.25) is 5.91 Å². The number of rotatable bonds is 4. The lowest BCUT2D eigenvalue weighted by atomic mass is 10.1. The summed E-state index contributed by atoms with van der Waals surface area (Å²) in [5.74, 6) is -0.240. The van der Waals surface area contributed by atoms with Crippen LogP contribution in [-0.4, -0.2) is 32.2 Å². The van der Waals surface area contributed by atoms with Crippen LogP contribution in [0.2, 0.25) is 0 Å². The molecule has 15 heavy (non-hydrogen) atoms. The highest BCUT2D eigenvalue weighted by molar-refractivity contribution is 7.94. The van der Waals surface area contributed by atoms with Crippen LogP contribution in [0.4, 0.5) is 0 Å². The molecule has 0 spiro atoms. The van der Waals surface area contributed by atoms with Crippen LogP contribution >= 0.6 is 0 Å². The molecule has 0 aliphatic carbocycles. The second-order valence-electron chi connectivity index (χ2n) is 3.70. The molecule has 0 saturated heterocycles. The maximum atomic E-state index is 11.4. The molecule has 0 aromatic rings. The van der Waals surface area contributed by atoms with Gasteiger partial charge in [-0.3, -0.25) is 4.79 Å². The zero-order valence-electron chi connectivity index (χ0n) is 8.64. The smallest absolute Gasteiger partial charge is 0.222 e. The average Bonchev–Trinajstić information content (AvgIpc) is 2.44. The minimum Gasteiger partial charge on any atom is -0.349 e. The molecule has 6 heteroatoms. The number of sulfone groups is 1. The van der Waals surface area contributed by atoms with Crippen LogP contribution in [0.15, 0.2) is 11.5 Å². The molecule has 2 unspecified atom stereocenters. The summed E-state index contributed by atoms with van der Waals surface area (Å²) >= 11 is 0. The van der Waals surface area contributed by atoms with E-state index in [1.165, 1.54) is 6.08 Å². The normalized spacial score (nSPS) is 25.1. The number of hydrogen-bond acceptors (Lipinski definition) is 4. The van der Waals surface area contributed by atoms with Crippen molar-refractivity contribution < 1.29 is 13.2 Å². The lowest BCUT2D eigenvalue weighted by Gasteiger charge is -2.12. The Morgan fingerprint density at radius 3 is 2.80 bits per heavy atom. The Morgan fingerprint density at radius 1 is 1.67 bits per heavy atom. The Hall–Kier alpha value is -0.880. The van der Waals surface area contributed by atoms with E-state index in [9.17, 15) is 13.2 Å². The molecular weight excluding hydrogens is 216 g/mol. The quantitative estimate of drug-likeness (QED) is 0.686. The Bertz CT molecular complexity index is 362. The molecule has 1 aliphatic rings. The molecule has 1 aliphatic heterocycles. The highest BCUT2D eigenvalue weighted by atomic mass is 32.2. The Balaban J connectivity index is 2.38. The molecule has 0 radical (unpaired) electrons. The third-order valence-corrected chi connectivity index (χ3v) is 3.64. The first kappa shape index (κ1) is 12.2. The van der Waals surface area contributed by atoms with Crippen molar-refractivity contribution in [1.29, 1.82) is 0 Å². The van der Waals surface area contributed by atoms with Crippen LogP contribution in [-0.2, 0) is 14.6 Å². The summed E-state index contributed by atoms with van der Waals surface area (Å²) in [4.78, 5) is 11.4. The van der Waals surface area contributed by atoms with Crippen LogP contribution in [0.1, 0.15) is 19.8 Å². The third-order valence-electron chi connectivity index (χ3n) is 2.25. The standard InChI is InChI=1S/C9H16N2O3S/c1-2-7(10)5-9(12)11-8-3-4-15(13,14)6-8/h3-4,7-8H,2,5-6,10H2,1H3,(H,11,12). The van der Waals surface area contributed by atoms with E-state index < -0.39 is 15.9 Å². The van der Waals surface area contributed by atoms with Crippen molar-refractivity contribution in [2.45, 2.75) is 31.8 Å². The Labute approximate surface area is 89.6 Å². The lowest BCUT2D eigenvalue weighted by Crippen LogP contribution is -2.38. The van der Waals surface area contributed by atoms with Crippen molar-refractivity contribution in [2.75, 3.05) is 5.75 Å². The van der Waals surface area contributed by atoms with E-state index in [1.807, 2.05) is 6.92 Å². The van der Waals surface area contributed by atoms with Gasteiger partial charge in [-0.25, -0.2) is 8.42 Å². The first-order chi connectivity index (χ1) is 6.93. The van der Waals surface area contributed by atoms with E-state index in [4.69, 9.17) is 5.73 Å². The van der Waals surface area contributed by atoms with Gasteiger partial charge in [0.15, 0.2) is 9.84 Å². The minimum atomic E-state index is -3.10. The van der Waals surface area contributed by atoms with Gasteiger partial charge in [-0.15, -0.1) is 0 Å². The Morgan fingerprint density at radius 2 is 2.33 bits per heavy atom. The molecule has 1 heterocycles. The molecule has 0 fully saturated rings. The molecule has 0 aromatic carbocycles. The second-order valence-corrected chi connectivity index (χ2v) is 5.64. The monoisotopic (exact) mass is 232 g/mol. The summed E-state index contributed by atoms with van der Waals surface area (Å²) in [6.07, 6.45) is 2.46. The molecule has 86 valence electrons. The predicted octanol–water partition coefficient (Wildman–Crippen LogP) is -0.459. The van der Waals surface area contributed by atoms with Gasteiger partial charge in [0, 0.05) is 17.9 Å².